The zero-order valence-electron chi connectivity index (χ0n) is 15.8. The Labute approximate surface area is 162 Å². The van der Waals surface area contributed by atoms with Crippen LogP contribution in [-0.4, -0.2) is 24.0 Å². The monoisotopic (exact) mass is 375 g/mol. The van der Waals surface area contributed by atoms with Crippen LogP contribution < -0.4 is 10.2 Å². The summed E-state index contributed by atoms with van der Waals surface area (Å²) in [5, 5.41) is 2.80. The molecule has 1 amide bonds. The molecule has 6 heteroatoms. The van der Waals surface area contributed by atoms with Crippen LogP contribution in [0.2, 0.25) is 0 Å². The maximum atomic E-state index is 12.1. The third-order valence-electron chi connectivity index (χ3n) is 4.63. The summed E-state index contributed by atoms with van der Waals surface area (Å²) >= 11 is 0. The van der Waals surface area contributed by atoms with Crippen molar-refractivity contribution in [2.75, 3.05) is 23.3 Å². The van der Waals surface area contributed by atoms with E-state index in [9.17, 15) is 4.79 Å². The van der Waals surface area contributed by atoms with Crippen molar-refractivity contribution in [1.29, 1.82) is 0 Å². The Hall–Kier alpha value is -3.54. The van der Waals surface area contributed by atoms with Gasteiger partial charge in [0.15, 0.2) is 11.3 Å². The molecule has 142 valence electrons. The lowest BCUT2D eigenvalue weighted by Crippen LogP contribution is -2.21. The lowest BCUT2D eigenvalue weighted by Gasteiger charge is -2.20. The number of nitrogens with one attached hydrogen (secondary N) is 1. The second-order valence-corrected chi connectivity index (χ2v) is 6.35. The number of oxazole rings is 1. The van der Waals surface area contributed by atoms with Crippen LogP contribution in [0.3, 0.4) is 0 Å². The van der Waals surface area contributed by atoms with Crippen LogP contribution in [0, 0.1) is 0 Å². The lowest BCUT2D eigenvalue weighted by atomic mass is 10.2. The molecule has 0 spiro atoms. The second kappa shape index (κ2) is 7.60. The quantitative estimate of drug-likeness (QED) is 0.502. The van der Waals surface area contributed by atoms with Crippen molar-refractivity contribution in [1.82, 2.24) is 4.98 Å². The van der Waals surface area contributed by atoms with Crippen molar-refractivity contribution >= 4 is 28.4 Å². The summed E-state index contributed by atoms with van der Waals surface area (Å²) in [7, 11) is 0. The van der Waals surface area contributed by atoms with Gasteiger partial charge in [-0.25, -0.2) is 4.98 Å². The van der Waals surface area contributed by atoms with Crippen LogP contribution in [0.15, 0.2) is 69.7 Å². The Morgan fingerprint density at radius 2 is 1.86 bits per heavy atom. The highest BCUT2D eigenvalue weighted by Gasteiger charge is 2.12. The summed E-state index contributed by atoms with van der Waals surface area (Å²) < 4.78 is 11.0. The van der Waals surface area contributed by atoms with Crippen molar-refractivity contribution in [3.05, 3.63) is 66.6 Å². The molecule has 0 saturated carbocycles. The molecule has 0 unspecified atom stereocenters. The Bertz CT molecular complexity index is 1080. The van der Waals surface area contributed by atoms with Crippen LogP contribution >= 0.6 is 0 Å². The molecular formula is C22H21N3O3. The summed E-state index contributed by atoms with van der Waals surface area (Å²) in [6.07, 6.45) is 1.47. The third kappa shape index (κ3) is 3.49. The number of rotatable bonds is 6. The van der Waals surface area contributed by atoms with E-state index in [0.29, 0.717) is 22.7 Å². The summed E-state index contributed by atoms with van der Waals surface area (Å²) in [6.45, 7) is 6.21. The molecule has 2 aromatic carbocycles. The van der Waals surface area contributed by atoms with Crippen molar-refractivity contribution in [3.8, 4) is 11.5 Å². The Morgan fingerprint density at radius 1 is 1.07 bits per heavy atom. The topological polar surface area (TPSA) is 71.5 Å². The maximum absolute atomic E-state index is 12.1. The van der Waals surface area contributed by atoms with E-state index >= 15 is 0 Å². The zero-order valence-corrected chi connectivity index (χ0v) is 15.8. The number of hydrogen-bond donors (Lipinski definition) is 1. The van der Waals surface area contributed by atoms with Crippen LogP contribution in [0.4, 0.5) is 11.4 Å². The number of aromatic nitrogens is 1. The van der Waals surface area contributed by atoms with Crippen LogP contribution in [0.5, 0.6) is 0 Å². The van der Waals surface area contributed by atoms with E-state index in [-0.39, 0.29) is 11.7 Å². The second-order valence-electron chi connectivity index (χ2n) is 6.35. The fourth-order valence-corrected chi connectivity index (χ4v) is 3.13. The van der Waals surface area contributed by atoms with Gasteiger partial charge < -0.3 is 19.1 Å². The van der Waals surface area contributed by atoms with Gasteiger partial charge in [0, 0.05) is 30.0 Å². The number of hydrogen-bond acceptors (Lipinski definition) is 5. The number of carbonyl (C=O) groups excluding carboxylic acids is 1. The smallest absolute Gasteiger partial charge is 0.291 e. The van der Waals surface area contributed by atoms with Crippen LogP contribution in [0.1, 0.15) is 24.4 Å². The molecule has 0 bridgehead atoms. The first-order valence-corrected chi connectivity index (χ1v) is 9.28. The minimum absolute atomic E-state index is 0.259. The first-order chi connectivity index (χ1) is 13.7. The number of amides is 1. The van der Waals surface area contributed by atoms with E-state index in [2.05, 4.69) is 41.2 Å². The highest BCUT2D eigenvalue weighted by molar-refractivity contribution is 6.03. The van der Waals surface area contributed by atoms with Crippen LogP contribution in [0.25, 0.3) is 22.6 Å². The molecule has 0 radical (unpaired) electrons. The minimum atomic E-state index is -0.306. The Morgan fingerprint density at radius 3 is 2.54 bits per heavy atom. The molecule has 28 heavy (non-hydrogen) atoms. The molecule has 0 fully saturated rings. The van der Waals surface area contributed by atoms with E-state index in [1.807, 2.05) is 12.1 Å². The zero-order chi connectivity index (χ0) is 19.5. The third-order valence-corrected chi connectivity index (χ3v) is 4.63. The van der Waals surface area contributed by atoms with Gasteiger partial charge in [0.1, 0.15) is 5.52 Å². The molecule has 6 nitrogen and oxygen atoms in total. The SMILES string of the molecule is CCN(CC)c1ccc(-c2nc3cc(NC(=O)c4ccco4)ccc3o2)cc1. The number of furan rings is 1. The van der Waals surface area contributed by atoms with Crippen LogP contribution in [-0.2, 0) is 0 Å². The summed E-state index contributed by atoms with van der Waals surface area (Å²) in [5.74, 6) is 0.505. The van der Waals surface area contributed by atoms with Gasteiger partial charge >= 0.3 is 0 Å². The maximum Gasteiger partial charge on any atom is 0.291 e. The first-order valence-electron chi connectivity index (χ1n) is 9.28. The van der Waals surface area contributed by atoms with E-state index in [0.717, 1.165) is 18.7 Å². The number of anilines is 2. The molecule has 2 aromatic heterocycles. The van der Waals surface area contributed by atoms with Crippen molar-refractivity contribution in [3.63, 3.8) is 0 Å². The molecule has 0 aliphatic heterocycles. The van der Waals surface area contributed by atoms with Gasteiger partial charge in [-0.3, -0.25) is 4.79 Å². The predicted molar refractivity (Wildman–Crippen MR) is 110 cm³/mol. The largest absolute Gasteiger partial charge is 0.459 e. The standard InChI is InChI=1S/C22H21N3O3/c1-3-25(4-2)17-10-7-15(8-11-17)22-24-18-14-16(9-12-19(18)28-22)23-21(26)20-6-5-13-27-20/h5-14H,3-4H2,1-2H3,(H,23,26). The van der Waals surface area contributed by atoms with Gasteiger partial charge in [0.05, 0.1) is 6.26 Å². The normalized spacial score (nSPS) is 10.9. The highest BCUT2D eigenvalue weighted by atomic mass is 16.3. The van der Waals surface area contributed by atoms with E-state index in [1.165, 1.54) is 12.0 Å². The molecule has 0 aliphatic rings. The van der Waals surface area contributed by atoms with E-state index < -0.39 is 0 Å². The van der Waals surface area contributed by atoms with E-state index in [4.69, 9.17) is 8.83 Å². The molecule has 0 atom stereocenters. The molecule has 2 heterocycles. The molecule has 1 N–H and O–H groups in total. The fourth-order valence-electron chi connectivity index (χ4n) is 3.13. The molecule has 0 aliphatic carbocycles. The van der Waals surface area contributed by atoms with Crippen molar-refractivity contribution in [2.24, 2.45) is 0 Å². The van der Waals surface area contributed by atoms with Gasteiger partial charge in [-0.15, -0.1) is 0 Å². The van der Waals surface area contributed by atoms with Gasteiger partial charge in [-0.05, 0) is 68.4 Å². The average molecular weight is 375 g/mol. The van der Waals surface area contributed by atoms with E-state index in [1.54, 1.807) is 30.3 Å². The van der Waals surface area contributed by atoms with Gasteiger partial charge in [0.25, 0.3) is 5.91 Å². The summed E-state index contributed by atoms with van der Waals surface area (Å²) in [5.41, 5.74) is 4.06. The van der Waals surface area contributed by atoms with Gasteiger partial charge in [0.2, 0.25) is 5.89 Å². The minimum Gasteiger partial charge on any atom is -0.459 e. The van der Waals surface area contributed by atoms with Gasteiger partial charge in [-0.1, -0.05) is 0 Å². The number of fused-ring (bicyclic) bond motifs is 1. The summed E-state index contributed by atoms with van der Waals surface area (Å²) in [4.78, 5) is 19.0. The van der Waals surface area contributed by atoms with Crippen molar-refractivity contribution < 1.29 is 13.6 Å². The Kier molecular flexibility index (Phi) is 4.85. The van der Waals surface area contributed by atoms with Crippen molar-refractivity contribution in [2.45, 2.75) is 13.8 Å². The first kappa shape index (κ1) is 17.9. The Balaban J connectivity index is 1.57. The highest BCUT2D eigenvalue weighted by Crippen LogP contribution is 2.28. The average Bonchev–Trinajstić information content (AvgIpc) is 3.39. The number of nitrogens with zero attached hydrogens (tertiary/aromatic N) is 2. The molecule has 4 aromatic rings. The number of benzene rings is 2. The number of carbonyl (C=O) groups is 1. The summed E-state index contributed by atoms with van der Waals surface area (Å²) in [6, 6.07) is 16.8. The van der Waals surface area contributed by atoms with Gasteiger partial charge in [-0.2, -0.15) is 0 Å². The fraction of sp³-hybridized carbons (Fsp3) is 0.182. The molecular weight excluding hydrogens is 354 g/mol. The molecule has 4 rings (SSSR count). The lowest BCUT2D eigenvalue weighted by molar-refractivity contribution is 0.0996. The predicted octanol–water partition coefficient (Wildman–Crippen LogP) is 5.19. The molecule has 0 saturated heterocycles.